The summed E-state index contributed by atoms with van der Waals surface area (Å²) >= 11 is 5.45. The minimum absolute atomic E-state index is 0.0987. The maximum atomic E-state index is 13.6. The number of halogens is 3. The minimum atomic E-state index is -0.750. The largest absolute Gasteiger partial charge is 0.334 e. The van der Waals surface area contributed by atoms with Gasteiger partial charge in [0.05, 0.1) is 10.6 Å². The molecule has 1 aromatic carbocycles. The van der Waals surface area contributed by atoms with Gasteiger partial charge in [0.2, 0.25) is 0 Å². The van der Waals surface area contributed by atoms with E-state index in [0.29, 0.717) is 12.4 Å². The zero-order valence-corrected chi connectivity index (χ0v) is 10.2. The van der Waals surface area contributed by atoms with Gasteiger partial charge in [-0.15, -0.1) is 0 Å². The molecule has 2 rings (SSSR count). The number of hydrogen-bond donors (Lipinski definition) is 1. The fourth-order valence-electron chi connectivity index (χ4n) is 1.34. The second kappa shape index (κ2) is 4.99. The molecular weight excluding hydrogens is 264 g/mol. The normalized spacial score (nSPS) is 12.7. The zero-order valence-electron chi connectivity index (χ0n) is 9.45. The smallest absolute Gasteiger partial charge is 0.261 e. The summed E-state index contributed by atoms with van der Waals surface area (Å²) in [5, 5.41) is 3.37. The van der Waals surface area contributed by atoms with E-state index in [4.69, 9.17) is 21.9 Å². The predicted molar refractivity (Wildman–Crippen MR) is 62.1 cm³/mol. The third kappa shape index (κ3) is 2.34. The SMILES string of the molecule is CC(CN)c1noc(-c2cc(F)c(Cl)cc2F)n1. The van der Waals surface area contributed by atoms with E-state index in [2.05, 4.69) is 10.1 Å². The van der Waals surface area contributed by atoms with Crippen molar-refractivity contribution in [1.29, 1.82) is 0 Å². The average molecular weight is 274 g/mol. The molecule has 0 fully saturated rings. The van der Waals surface area contributed by atoms with Gasteiger partial charge < -0.3 is 10.3 Å². The van der Waals surface area contributed by atoms with Crippen molar-refractivity contribution in [3.8, 4) is 11.5 Å². The molecule has 0 bridgehead atoms. The summed E-state index contributed by atoms with van der Waals surface area (Å²) in [7, 11) is 0. The van der Waals surface area contributed by atoms with Gasteiger partial charge >= 0.3 is 0 Å². The van der Waals surface area contributed by atoms with Gasteiger partial charge in [0.15, 0.2) is 5.82 Å². The van der Waals surface area contributed by atoms with Gasteiger partial charge in [-0.05, 0) is 12.1 Å². The maximum Gasteiger partial charge on any atom is 0.261 e. The number of benzene rings is 1. The van der Waals surface area contributed by atoms with Gasteiger partial charge in [0.25, 0.3) is 5.89 Å². The van der Waals surface area contributed by atoms with Crippen molar-refractivity contribution in [2.75, 3.05) is 6.54 Å². The fraction of sp³-hybridized carbons (Fsp3) is 0.273. The minimum Gasteiger partial charge on any atom is -0.334 e. The lowest BCUT2D eigenvalue weighted by atomic mass is 10.1. The Morgan fingerprint density at radius 2 is 2.11 bits per heavy atom. The van der Waals surface area contributed by atoms with Crippen LogP contribution in [-0.4, -0.2) is 16.7 Å². The Balaban J connectivity index is 2.43. The van der Waals surface area contributed by atoms with Crippen LogP contribution in [0.1, 0.15) is 18.7 Å². The van der Waals surface area contributed by atoms with E-state index < -0.39 is 11.6 Å². The second-order valence-electron chi connectivity index (χ2n) is 3.84. The van der Waals surface area contributed by atoms with Crippen LogP contribution >= 0.6 is 11.6 Å². The van der Waals surface area contributed by atoms with E-state index in [0.717, 1.165) is 12.1 Å². The number of hydrogen-bond acceptors (Lipinski definition) is 4. The molecule has 4 nitrogen and oxygen atoms in total. The summed E-state index contributed by atoms with van der Waals surface area (Å²) in [6.07, 6.45) is 0. The van der Waals surface area contributed by atoms with Crippen molar-refractivity contribution < 1.29 is 13.3 Å². The van der Waals surface area contributed by atoms with Gasteiger partial charge in [-0.25, -0.2) is 8.78 Å². The van der Waals surface area contributed by atoms with Gasteiger partial charge in [0.1, 0.15) is 11.6 Å². The second-order valence-corrected chi connectivity index (χ2v) is 4.25. The number of nitrogens with two attached hydrogens (primary N) is 1. The van der Waals surface area contributed by atoms with E-state index in [-0.39, 0.29) is 22.4 Å². The highest BCUT2D eigenvalue weighted by atomic mass is 35.5. The van der Waals surface area contributed by atoms with Crippen molar-refractivity contribution >= 4 is 11.6 Å². The first-order valence-corrected chi connectivity index (χ1v) is 5.59. The monoisotopic (exact) mass is 273 g/mol. The van der Waals surface area contributed by atoms with E-state index in [9.17, 15) is 8.78 Å². The number of rotatable bonds is 3. The van der Waals surface area contributed by atoms with E-state index in [1.807, 2.05) is 0 Å². The van der Waals surface area contributed by atoms with Crippen LogP contribution in [0.15, 0.2) is 16.7 Å². The van der Waals surface area contributed by atoms with Crippen molar-refractivity contribution in [3.63, 3.8) is 0 Å². The van der Waals surface area contributed by atoms with E-state index in [1.165, 1.54) is 0 Å². The number of nitrogens with zero attached hydrogens (tertiary/aromatic N) is 2. The summed E-state index contributed by atoms with van der Waals surface area (Å²) in [4.78, 5) is 3.98. The predicted octanol–water partition coefficient (Wildman–Crippen LogP) is 2.73. The molecule has 0 saturated heterocycles. The molecule has 1 aromatic heterocycles. The molecule has 0 spiro atoms. The topological polar surface area (TPSA) is 64.9 Å². The van der Waals surface area contributed by atoms with Crippen LogP contribution in [0.5, 0.6) is 0 Å². The molecule has 0 aliphatic carbocycles. The number of aromatic nitrogens is 2. The molecule has 1 unspecified atom stereocenters. The first-order chi connectivity index (χ1) is 8.52. The van der Waals surface area contributed by atoms with Crippen LogP contribution in [0.2, 0.25) is 5.02 Å². The molecule has 2 N–H and O–H groups in total. The van der Waals surface area contributed by atoms with Crippen molar-refractivity contribution in [2.45, 2.75) is 12.8 Å². The molecule has 1 heterocycles. The molecule has 1 atom stereocenters. The molecule has 7 heteroatoms. The summed E-state index contributed by atoms with van der Waals surface area (Å²) in [5.41, 5.74) is 5.33. The van der Waals surface area contributed by atoms with Crippen LogP contribution < -0.4 is 5.73 Å². The van der Waals surface area contributed by atoms with Crippen LogP contribution in [0.25, 0.3) is 11.5 Å². The van der Waals surface area contributed by atoms with E-state index >= 15 is 0 Å². The Morgan fingerprint density at radius 1 is 1.39 bits per heavy atom. The first-order valence-electron chi connectivity index (χ1n) is 5.21. The molecule has 0 saturated carbocycles. The van der Waals surface area contributed by atoms with Gasteiger partial charge in [-0.1, -0.05) is 23.7 Å². The van der Waals surface area contributed by atoms with Crippen molar-refractivity contribution in [1.82, 2.24) is 10.1 Å². The molecule has 0 amide bonds. The summed E-state index contributed by atoms with van der Waals surface area (Å²) < 4.78 is 31.8. The highest BCUT2D eigenvalue weighted by molar-refractivity contribution is 6.30. The Bertz CT molecular complexity index is 573. The third-order valence-electron chi connectivity index (χ3n) is 2.48. The standard InChI is InChI=1S/C11H10ClF2N3O/c1-5(4-15)10-16-11(18-17-10)6-2-9(14)7(12)3-8(6)13/h2-3,5H,4,15H2,1H3. The Hall–Kier alpha value is -1.53. The maximum absolute atomic E-state index is 13.6. The average Bonchev–Trinajstić information content (AvgIpc) is 2.82. The summed E-state index contributed by atoms with van der Waals surface area (Å²) in [6.45, 7) is 2.13. The first kappa shape index (κ1) is 12.9. The van der Waals surface area contributed by atoms with Crippen molar-refractivity contribution in [2.24, 2.45) is 5.73 Å². The fourth-order valence-corrected chi connectivity index (χ4v) is 1.49. The molecule has 18 heavy (non-hydrogen) atoms. The van der Waals surface area contributed by atoms with Gasteiger partial charge in [-0.2, -0.15) is 4.98 Å². The Morgan fingerprint density at radius 3 is 2.78 bits per heavy atom. The molecule has 0 aliphatic heterocycles. The van der Waals surface area contributed by atoms with Crippen LogP contribution in [0.3, 0.4) is 0 Å². The molecule has 96 valence electrons. The van der Waals surface area contributed by atoms with Crippen LogP contribution in [-0.2, 0) is 0 Å². The highest BCUT2D eigenvalue weighted by Crippen LogP contribution is 2.27. The van der Waals surface area contributed by atoms with Crippen LogP contribution in [0, 0.1) is 11.6 Å². The lowest BCUT2D eigenvalue weighted by Crippen LogP contribution is -2.10. The van der Waals surface area contributed by atoms with Gasteiger partial charge in [0, 0.05) is 12.5 Å². The third-order valence-corrected chi connectivity index (χ3v) is 2.77. The zero-order chi connectivity index (χ0) is 13.3. The van der Waals surface area contributed by atoms with Gasteiger partial charge in [-0.3, -0.25) is 0 Å². The lowest BCUT2D eigenvalue weighted by Gasteiger charge is -2.00. The summed E-state index contributed by atoms with van der Waals surface area (Å²) in [5.74, 6) is -1.35. The lowest BCUT2D eigenvalue weighted by molar-refractivity contribution is 0.415. The summed E-state index contributed by atoms with van der Waals surface area (Å²) in [6, 6.07) is 1.78. The molecular formula is C11H10ClF2N3O. The van der Waals surface area contributed by atoms with Crippen molar-refractivity contribution in [3.05, 3.63) is 34.6 Å². The quantitative estimate of drug-likeness (QED) is 0.873. The Labute approximate surface area is 107 Å². The molecule has 2 aromatic rings. The molecule has 0 radical (unpaired) electrons. The van der Waals surface area contributed by atoms with Crippen LogP contribution in [0.4, 0.5) is 8.78 Å². The molecule has 0 aliphatic rings. The highest BCUT2D eigenvalue weighted by Gasteiger charge is 2.18. The van der Waals surface area contributed by atoms with E-state index in [1.54, 1.807) is 6.92 Å². The Kier molecular flexibility index (Phi) is 3.58.